The van der Waals surface area contributed by atoms with E-state index in [1.165, 1.54) is 6.20 Å². The van der Waals surface area contributed by atoms with Crippen LogP contribution in [0.25, 0.3) is 16.9 Å². The maximum absolute atomic E-state index is 11.8. The highest BCUT2D eigenvalue weighted by atomic mass is 35.5. The number of amides is 1. The van der Waals surface area contributed by atoms with Gasteiger partial charge in [-0.3, -0.25) is 9.20 Å². The van der Waals surface area contributed by atoms with Crippen LogP contribution in [0.2, 0.25) is 5.02 Å². The molecule has 1 amide bonds. The summed E-state index contributed by atoms with van der Waals surface area (Å²) in [5, 5.41) is 7.45. The van der Waals surface area contributed by atoms with E-state index in [1.54, 1.807) is 10.6 Å². The van der Waals surface area contributed by atoms with Gasteiger partial charge in [0.1, 0.15) is 5.69 Å². The van der Waals surface area contributed by atoms with E-state index in [0.29, 0.717) is 28.2 Å². The Labute approximate surface area is 155 Å². The van der Waals surface area contributed by atoms with E-state index in [4.69, 9.17) is 22.3 Å². The van der Waals surface area contributed by atoms with Crippen molar-refractivity contribution in [3.05, 3.63) is 47.4 Å². The Kier molecular flexibility index (Phi) is 4.48. The average Bonchev–Trinajstić information content (AvgIpc) is 3.09. The smallest absolute Gasteiger partial charge is 0.267 e. The Hall–Kier alpha value is -2.64. The molecule has 7 nitrogen and oxygen atoms in total. The van der Waals surface area contributed by atoms with Crippen molar-refractivity contribution in [3.8, 4) is 11.3 Å². The summed E-state index contributed by atoms with van der Waals surface area (Å²) in [6.07, 6.45) is 5.31. The second kappa shape index (κ2) is 6.93. The molecule has 3 heterocycles. The van der Waals surface area contributed by atoms with Gasteiger partial charge in [0.2, 0.25) is 0 Å². The van der Waals surface area contributed by atoms with E-state index in [0.717, 1.165) is 37.2 Å². The third kappa shape index (κ3) is 3.23. The van der Waals surface area contributed by atoms with Crippen LogP contribution in [-0.2, 0) is 0 Å². The van der Waals surface area contributed by atoms with Crippen LogP contribution in [0, 0.1) is 0 Å². The van der Waals surface area contributed by atoms with Gasteiger partial charge in [-0.15, -0.1) is 0 Å². The predicted octanol–water partition coefficient (Wildman–Crippen LogP) is 2.31. The zero-order valence-electron chi connectivity index (χ0n) is 14.1. The summed E-state index contributed by atoms with van der Waals surface area (Å²) >= 11 is 5.97. The maximum Gasteiger partial charge on any atom is 0.267 e. The number of nitrogens with zero attached hydrogens (tertiary/aromatic N) is 3. The number of hydrogen-bond acceptors (Lipinski definition) is 5. The summed E-state index contributed by atoms with van der Waals surface area (Å²) < 4.78 is 1.70. The third-order valence-electron chi connectivity index (χ3n) is 4.57. The number of piperidine rings is 1. The Balaban J connectivity index is 1.78. The highest BCUT2D eigenvalue weighted by Gasteiger charge is 2.19. The van der Waals surface area contributed by atoms with Gasteiger partial charge in [0, 0.05) is 22.8 Å². The van der Waals surface area contributed by atoms with Crippen LogP contribution in [0.3, 0.4) is 0 Å². The molecular weight excluding hydrogens is 352 g/mol. The minimum atomic E-state index is -0.545. The Bertz CT molecular complexity index is 946. The van der Waals surface area contributed by atoms with Gasteiger partial charge in [0.25, 0.3) is 5.91 Å². The van der Waals surface area contributed by atoms with Crippen molar-refractivity contribution in [2.24, 2.45) is 5.73 Å². The fraction of sp³-hybridized carbons (Fsp3) is 0.278. The van der Waals surface area contributed by atoms with Crippen LogP contribution in [0.4, 0.5) is 5.82 Å². The molecule has 0 saturated carbocycles. The first kappa shape index (κ1) is 16.8. The van der Waals surface area contributed by atoms with E-state index in [2.05, 4.69) is 15.6 Å². The summed E-state index contributed by atoms with van der Waals surface area (Å²) in [5.41, 5.74) is 8.02. The largest absolute Gasteiger partial charge is 0.364 e. The molecule has 0 bridgehead atoms. The van der Waals surface area contributed by atoms with Gasteiger partial charge in [0.15, 0.2) is 11.5 Å². The van der Waals surface area contributed by atoms with Gasteiger partial charge in [-0.2, -0.15) is 0 Å². The van der Waals surface area contributed by atoms with E-state index in [-0.39, 0.29) is 0 Å². The molecule has 4 N–H and O–H groups in total. The number of fused-ring (bicyclic) bond motifs is 1. The first-order chi connectivity index (χ1) is 12.6. The first-order valence-corrected chi connectivity index (χ1v) is 8.91. The lowest BCUT2D eigenvalue weighted by Crippen LogP contribution is -2.35. The van der Waals surface area contributed by atoms with Crippen molar-refractivity contribution < 1.29 is 4.79 Å². The Morgan fingerprint density at radius 3 is 2.69 bits per heavy atom. The van der Waals surface area contributed by atoms with Crippen LogP contribution in [0.15, 0.2) is 36.7 Å². The van der Waals surface area contributed by atoms with Crippen molar-refractivity contribution in [2.45, 2.75) is 18.9 Å². The lowest BCUT2D eigenvalue weighted by Gasteiger charge is -2.24. The second-order valence-corrected chi connectivity index (χ2v) is 6.79. The summed E-state index contributed by atoms with van der Waals surface area (Å²) in [4.78, 5) is 20.9. The van der Waals surface area contributed by atoms with Crippen LogP contribution in [0.1, 0.15) is 23.3 Å². The maximum atomic E-state index is 11.8. The SMILES string of the molecule is NC(=O)c1cnc(NC2CCNCC2)c2nc(-c3ccc(Cl)cc3)cn12. The minimum absolute atomic E-state index is 0.295. The number of primary amides is 1. The molecule has 0 radical (unpaired) electrons. The highest BCUT2D eigenvalue weighted by Crippen LogP contribution is 2.25. The van der Waals surface area contributed by atoms with Gasteiger partial charge in [0.05, 0.1) is 11.9 Å². The summed E-state index contributed by atoms with van der Waals surface area (Å²) in [5.74, 6) is 0.109. The van der Waals surface area contributed by atoms with E-state index < -0.39 is 5.91 Å². The zero-order chi connectivity index (χ0) is 18.1. The van der Waals surface area contributed by atoms with Crippen molar-refractivity contribution in [3.63, 3.8) is 0 Å². The molecule has 1 saturated heterocycles. The molecule has 134 valence electrons. The number of carbonyl (C=O) groups is 1. The average molecular weight is 371 g/mol. The lowest BCUT2D eigenvalue weighted by molar-refractivity contribution is 0.0994. The molecule has 26 heavy (non-hydrogen) atoms. The topological polar surface area (TPSA) is 97.3 Å². The molecule has 1 fully saturated rings. The van der Waals surface area contributed by atoms with Crippen LogP contribution >= 0.6 is 11.6 Å². The molecule has 1 aromatic carbocycles. The quantitative estimate of drug-likeness (QED) is 0.654. The minimum Gasteiger partial charge on any atom is -0.364 e. The molecule has 0 unspecified atom stereocenters. The number of carbonyl (C=O) groups excluding carboxylic acids is 1. The first-order valence-electron chi connectivity index (χ1n) is 8.53. The molecule has 0 spiro atoms. The van der Waals surface area contributed by atoms with Gasteiger partial charge in [-0.1, -0.05) is 23.7 Å². The van der Waals surface area contributed by atoms with Crippen LogP contribution in [-0.4, -0.2) is 39.4 Å². The van der Waals surface area contributed by atoms with Gasteiger partial charge in [-0.05, 0) is 38.1 Å². The predicted molar refractivity (Wildman–Crippen MR) is 101 cm³/mol. The molecule has 4 rings (SSSR count). The van der Waals surface area contributed by atoms with E-state index in [1.807, 2.05) is 24.3 Å². The number of imidazole rings is 1. The van der Waals surface area contributed by atoms with E-state index in [9.17, 15) is 4.79 Å². The van der Waals surface area contributed by atoms with Crippen LogP contribution in [0.5, 0.6) is 0 Å². The zero-order valence-corrected chi connectivity index (χ0v) is 14.8. The summed E-state index contributed by atoms with van der Waals surface area (Å²) in [7, 11) is 0. The number of nitrogens with one attached hydrogen (secondary N) is 2. The second-order valence-electron chi connectivity index (χ2n) is 6.35. The van der Waals surface area contributed by atoms with Crippen molar-refractivity contribution >= 4 is 29.0 Å². The summed E-state index contributed by atoms with van der Waals surface area (Å²) in [6.45, 7) is 1.94. The van der Waals surface area contributed by atoms with E-state index >= 15 is 0 Å². The Morgan fingerprint density at radius 2 is 2.00 bits per heavy atom. The fourth-order valence-electron chi connectivity index (χ4n) is 3.18. The third-order valence-corrected chi connectivity index (χ3v) is 4.82. The summed E-state index contributed by atoms with van der Waals surface area (Å²) in [6, 6.07) is 7.72. The van der Waals surface area contributed by atoms with Gasteiger partial charge < -0.3 is 16.4 Å². The number of aromatic nitrogens is 3. The van der Waals surface area contributed by atoms with Gasteiger partial charge >= 0.3 is 0 Å². The van der Waals surface area contributed by atoms with Crippen molar-refractivity contribution in [1.29, 1.82) is 0 Å². The monoisotopic (exact) mass is 370 g/mol. The molecule has 2 aromatic heterocycles. The number of benzene rings is 1. The lowest BCUT2D eigenvalue weighted by atomic mass is 10.1. The fourth-order valence-corrected chi connectivity index (χ4v) is 3.31. The number of nitrogens with two attached hydrogens (primary N) is 1. The molecule has 1 aliphatic rings. The van der Waals surface area contributed by atoms with Crippen molar-refractivity contribution in [1.82, 2.24) is 19.7 Å². The molecule has 8 heteroatoms. The number of anilines is 1. The number of rotatable bonds is 4. The van der Waals surface area contributed by atoms with Crippen LogP contribution < -0.4 is 16.4 Å². The standard InChI is InChI=1S/C18H19ClN6O/c19-12-3-1-11(2-4-12)14-10-25-15(16(20)26)9-22-17(18(25)24-14)23-13-5-7-21-8-6-13/h1-4,9-10,13,21H,5-8H2,(H2,20,26)(H,22,23). The normalized spacial score (nSPS) is 15.3. The van der Waals surface area contributed by atoms with Gasteiger partial charge in [-0.25, -0.2) is 9.97 Å². The molecule has 0 atom stereocenters. The molecule has 0 aliphatic carbocycles. The highest BCUT2D eigenvalue weighted by molar-refractivity contribution is 6.30. The van der Waals surface area contributed by atoms with Crippen molar-refractivity contribution in [2.75, 3.05) is 18.4 Å². The number of halogens is 1. The molecule has 3 aromatic rings. The molecular formula is C18H19ClN6O. The number of hydrogen-bond donors (Lipinski definition) is 3. The Morgan fingerprint density at radius 1 is 1.27 bits per heavy atom. The molecule has 1 aliphatic heterocycles.